The first-order valence-electron chi connectivity index (χ1n) is 7.32. The number of rotatable bonds is 9. The molecular weight excluding hydrogens is 337 g/mol. The molecule has 0 bridgehead atoms. The van der Waals surface area contributed by atoms with E-state index >= 15 is 0 Å². The third-order valence-corrected chi connectivity index (χ3v) is 4.60. The van der Waals surface area contributed by atoms with Gasteiger partial charge < -0.3 is 24.7 Å². The molecule has 0 aliphatic heterocycles. The average molecular weight is 357 g/mol. The van der Waals surface area contributed by atoms with E-state index in [9.17, 15) is 9.67 Å². The van der Waals surface area contributed by atoms with Crippen molar-refractivity contribution in [2.75, 3.05) is 25.6 Å². The number of nitrogen functional groups attached to an aromatic ring is 1. The Kier molecular flexibility index (Phi) is 6.27. The van der Waals surface area contributed by atoms with Gasteiger partial charge in [0.15, 0.2) is 11.3 Å². The van der Waals surface area contributed by atoms with E-state index in [0.29, 0.717) is 11.2 Å². The van der Waals surface area contributed by atoms with E-state index in [4.69, 9.17) is 19.6 Å². The van der Waals surface area contributed by atoms with Gasteiger partial charge in [0.1, 0.15) is 25.4 Å². The summed E-state index contributed by atoms with van der Waals surface area (Å²) >= 11 is 0. The third kappa shape index (κ3) is 4.51. The van der Waals surface area contributed by atoms with Crippen molar-refractivity contribution in [2.45, 2.75) is 20.0 Å². The highest BCUT2D eigenvalue weighted by atomic mass is 31.2. The Morgan fingerprint density at radius 2 is 2.04 bits per heavy atom. The van der Waals surface area contributed by atoms with E-state index in [0.717, 1.165) is 0 Å². The van der Waals surface area contributed by atoms with Crippen LogP contribution in [0.4, 0.5) is 5.82 Å². The standard InChI is InChI=1S/C13H20N5O5P/c1-3-22-24(20,23-4-2)6-5-10(19)7-21-18-9-17-11-12(14)15-8-16-13(11)18/h5-6,8-10,19H,3-4,7H2,1-2H3,(H2,14,15,16)/b6-5+/t10-/m1/s1. The zero-order valence-corrected chi connectivity index (χ0v) is 14.3. The van der Waals surface area contributed by atoms with Gasteiger partial charge in [-0.1, -0.05) is 0 Å². The number of nitrogens with zero attached hydrogens (tertiary/aromatic N) is 4. The molecule has 0 spiro atoms. The van der Waals surface area contributed by atoms with E-state index in [1.165, 1.54) is 29.3 Å². The van der Waals surface area contributed by atoms with Crippen LogP contribution in [0.1, 0.15) is 13.8 Å². The number of aromatic nitrogens is 4. The first-order valence-corrected chi connectivity index (χ1v) is 8.93. The number of anilines is 1. The van der Waals surface area contributed by atoms with Gasteiger partial charge in [-0.2, -0.15) is 4.73 Å². The quantitative estimate of drug-likeness (QED) is 0.629. The summed E-state index contributed by atoms with van der Waals surface area (Å²) in [6.07, 6.45) is 2.93. The first-order chi connectivity index (χ1) is 11.5. The smallest absolute Gasteiger partial charge is 0.353 e. The van der Waals surface area contributed by atoms with Gasteiger partial charge >= 0.3 is 7.60 Å². The molecule has 0 saturated carbocycles. The highest BCUT2D eigenvalue weighted by molar-refractivity contribution is 7.57. The second kappa shape index (κ2) is 8.20. The predicted molar refractivity (Wildman–Crippen MR) is 87.2 cm³/mol. The van der Waals surface area contributed by atoms with Gasteiger partial charge in [-0.05, 0) is 19.9 Å². The first kappa shape index (κ1) is 18.3. The largest absolute Gasteiger partial charge is 0.408 e. The molecule has 11 heteroatoms. The molecule has 0 aliphatic carbocycles. The van der Waals surface area contributed by atoms with Crippen LogP contribution in [-0.4, -0.2) is 50.7 Å². The predicted octanol–water partition coefficient (Wildman–Crippen LogP) is 0.978. The van der Waals surface area contributed by atoms with E-state index in [-0.39, 0.29) is 25.6 Å². The Bertz CT molecular complexity index is 739. The highest BCUT2D eigenvalue weighted by Crippen LogP contribution is 2.49. The molecule has 10 nitrogen and oxygen atoms in total. The van der Waals surface area contributed by atoms with Crippen LogP contribution in [0.25, 0.3) is 11.2 Å². The number of hydrogen-bond donors (Lipinski definition) is 2. The van der Waals surface area contributed by atoms with Gasteiger partial charge in [0.2, 0.25) is 5.65 Å². The van der Waals surface area contributed by atoms with Gasteiger partial charge in [0.05, 0.1) is 13.2 Å². The number of fused-ring (bicyclic) bond motifs is 1. The van der Waals surface area contributed by atoms with Crippen LogP contribution in [0.5, 0.6) is 0 Å². The van der Waals surface area contributed by atoms with Crippen LogP contribution in [0.3, 0.4) is 0 Å². The van der Waals surface area contributed by atoms with Crippen molar-refractivity contribution in [3.8, 4) is 0 Å². The van der Waals surface area contributed by atoms with Gasteiger partial charge in [-0.15, -0.1) is 0 Å². The summed E-state index contributed by atoms with van der Waals surface area (Å²) in [5, 5.41) is 9.94. The molecule has 0 saturated heterocycles. The van der Waals surface area contributed by atoms with Crippen molar-refractivity contribution in [3.05, 3.63) is 24.5 Å². The zero-order chi connectivity index (χ0) is 17.6. The molecule has 2 heterocycles. The van der Waals surface area contributed by atoms with E-state index < -0.39 is 13.7 Å². The van der Waals surface area contributed by atoms with Gasteiger partial charge in [0.25, 0.3) is 0 Å². The molecule has 24 heavy (non-hydrogen) atoms. The molecule has 1 atom stereocenters. The summed E-state index contributed by atoms with van der Waals surface area (Å²) < 4.78 is 23.7. The van der Waals surface area contributed by atoms with Gasteiger partial charge in [-0.3, -0.25) is 4.57 Å². The summed E-state index contributed by atoms with van der Waals surface area (Å²) in [4.78, 5) is 17.3. The molecule has 0 aliphatic rings. The van der Waals surface area contributed by atoms with Crippen molar-refractivity contribution >= 4 is 24.6 Å². The molecule has 2 aromatic rings. The summed E-state index contributed by atoms with van der Waals surface area (Å²) in [6.45, 7) is 3.75. The molecule has 0 aromatic carbocycles. The maximum absolute atomic E-state index is 12.2. The maximum Gasteiger partial charge on any atom is 0.353 e. The van der Waals surface area contributed by atoms with Crippen LogP contribution < -0.4 is 10.6 Å². The van der Waals surface area contributed by atoms with Crippen LogP contribution in [0.15, 0.2) is 24.5 Å². The Balaban J connectivity index is 1.99. The molecule has 0 amide bonds. The molecule has 0 fully saturated rings. The van der Waals surface area contributed by atoms with E-state index in [1.807, 2.05) is 0 Å². The molecule has 2 aromatic heterocycles. The lowest BCUT2D eigenvalue weighted by Crippen LogP contribution is -2.22. The Hall–Kier alpha value is -2.00. The number of hydrogen-bond acceptors (Lipinski definition) is 9. The fraction of sp³-hybridized carbons (Fsp3) is 0.462. The van der Waals surface area contributed by atoms with Crippen molar-refractivity contribution in [2.24, 2.45) is 0 Å². The summed E-state index contributed by atoms with van der Waals surface area (Å²) in [7, 11) is -3.36. The van der Waals surface area contributed by atoms with Gasteiger partial charge in [0, 0.05) is 5.82 Å². The summed E-state index contributed by atoms with van der Waals surface area (Å²) in [5.41, 5.74) is 6.46. The molecule has 0 unspecified atom stereocenters. The minimum absolute atomic E-state index is 0.121. The van der Waals surface area contributed by atoms with E-state index in [1.54, 1.807) is 13.8 Å². The molecule has 2 rings (SSSR count). The van der Waals surface area contributed by atoms with Crippen LogP contribution in [0.2, 0.25) is 0 Å². The van der Waals surface area contributed by atoms with Crippen LogP contribution >= 0.6 is 7.60 Å². The minimum atomic E-state index is -3.36. The SMILES string of the molecule is CCOP(=O)(/C=C/[C@@H](O)COn1cnc2c(N)ncnc21)OCC. The normalized spacial score (nSPS) is 13.6. The fourth-order valence-corrected chi connectivity index (χ4v) is 3.20. The van der Waals surface area contributed by atoms with Gasteiger partial charge in [-0.25, -0.2) is 15.0 Å². The molecule has 0 radical (unpaired) electrons. The van der Waals surface area contributed by atoms with Crippen molar-refractivity contribution in [1.29, 1.82) is 0 Å². The second-order valence-electron chi connectivity index (χ2n) is 4.58. The number of aliphatic hydroxyl groups is 1. The Labute approximate surface area is 138 Å². The number of imidazole rings is 1. The van der Waals surface area contributed by atoms with Crippen LogP contribution in [0, 0.1) is 0 Å². The number of nitrogens with two attached hydrogens (primary N) is 1. The third-order valence-electron chi connectivity index (χ3n) is 2.82. The monoisotopic (exact) mass is 357 g/mol. The van der Waals surface area contributed by atoms with Crippen LogP contribution in [-0.2, 0) is 13.6 Å². The average Bonchev–Trinajstić information content (AvgIpc) is 2.96. The fourth-order valence-electron chi connectivity index (χ4n) is 1.83. The zero-order valence-electron chi connectivity index (χ0n) is 13.4. The van der Waals surface area contributed by atoms with Crippen molar-refractivity contribution in [1.82, 2.24) is 19.7 Å². The topological polar surface area (TPSA) is 135 Å². The highest BCUT2D eigenvalue weighted by Gasteiger charge is 2.19. The second-order valence-corrected chi connectivity index (χ2v) is 6.48. The van der Waals surface area contributed by atoms with Crippen molar-refractivity contribution < 1.29 is 23.6 Å². The number of aliphatic hydroxyl groups excluding tert-OH is 1. The lowest BCUT2D eigenvalue weighted by molar-refractivity contribution is 0.0515. The van der Waals surface area contributed by atoms with E-state index in [2.05, 4.69) is 15.0 Å². The lowest BCUT2D eigenvalue weighted by Gasteiger charge is -2.14. The molecule has 3 N–H and O–H groups in total. The molecular formula is C13H20N5O5P. The summed E-state index contributed by atoms with van der Waals surface area (Å²) in [6, 6.07) is 0. The Morgan fingerprint density at radius 3 is 2.71 bits per heavy atom. The minimum Gasteiger partial charge on any atom is -0.408 e. The Morgan fingerprint density at radius 1 is 1.33 bits per heavy atom. The molecule has 132 valence electrons. The van der Waals surface area contributed by atoms with Crippen molar-refractivity contribution in [3.63, 3.8) is 0 Å². The maximum atomic E-state index is 12.2. The lowest BCUT2D eigenvalue weighted by atomic mass is 10.4. The summed E-state index contributed by atoms with van der Waals surface area (Å²) in [5.74, 6) is 1.46.